The fraction of sp³-hybridized carbons (Fsp3) is 0. The molecule has 64 valence electrons. The summed E-state index contributed by atoms with van der Waals surface area (Å²) >= 11 is 5.33. The average Bonchev–Trinajstić information content (AvgIpc) is 2.15. The third-order valence-corrected chi connectivity index (χ3v) is 1.71. The van der Waals surface area contributed by atoms with Crippen LogP contribution in [0.4, 0.5) is 0 Å². The van der Waals surface area contributed by atoms with Crippen LogP contribution in [0.2, 0.25) is 0 Å². The Kier molecular flexibility index (Phi) is 3.24. The molecule has 0 heterocycles. The first-order chi connectivity index (χ1) is 6.25. The zero-order valence-electron chi connectivity index (χ0n) is 6.70. The molecule has 0 aliphatic rings. The number of benzene rings is 1. The van der Waals surface area contributed by atoms with Crippen molar-refractivity contribution >= 4 is 22.9 Å². The minimum atomic E-state index is -0.516. The molecule has 1 aromatic rings. The summed E-state index contributed by atoms with van der Waals surface area (Å²) in [6.07, 6.45) is 2.86. The van der Waals surface area contributed by atoms with Gasteiger partial charge in [0.15, 0.2) is 0 Å². The summed E-state index contributed by atoms with van der Waals surface area (Å²) in [5.74, 6) is 0. The summed E-state index contributed by atoms with van der Waals surface area (Å²) in [5.41, 5.74) is 1.07. The lowest BCUT2D eigenvalue weighted by molar-refractivity contribution is 0.108. The van der Waals surface area contributed by atoms with Gasteiger partial charge in [-0.3, -0.25) is 4.79 Å². The predicted octanol–water partition coefficient (Wildman–Crippen LogP) is 2.60. The van der Waals surface area contributed by atoms with Crippen molar-refractivity contribution in [3.8, 4) is 6.07 Å². The van der Waals surface area contributed by atoms with E-state index in [9.17, 15) is 4.79 Å². The monoisotopic (exact) mass is 191 g/mol. The second-order valence-electron chi connectivity index (χ2n) is 2.32. The summed E-state index contributed by atoms with van der Waals surface area (Å²) in [5, 5.41) is 7.79. The molecule has 1 rings (SSSR count). The number of nitrogens with zero attached hydrogens (tertiary/aromatic N) is 1. The van der Waals surface area contributed by atoms with Crippen LogP contribution < -0.4 is 0 Å². The summed E-state index contributed by atoms with van der Waals surface area (Å²) in [6.45, 7) is 0. The molecule has 0 unspecified atom stereocenters. The number of halogens is 1. The van der Waals surface area contributed by atoms with Gasteiger partial charge in [0.05, 0.1) is 6.07 Å². The van der Waals surface area contributed by atoms with Crippen LogP contribution in [0.1, 0.15) is 15.9 Å². The lowest BCUT2D eigenvalue weighted by Crippen LogP contribution is -1.91. The summed E-state index contributed by atoms with van der Waals surface area (Å²) in [6, 6.07) is 8.69. The van der Waals surface area contributed by atoms with Crippen molar-refractivity contribution in [3.05, 3.63) is 41.5 Å². The molecule has 0 N–H and O–H groups in total. The van der Waals surface area contributed by atoms with E-state index in [0.29, 0.717) is 11.1 Å². The first kappa shape index (κ1) is 9.50. The van der Waals surface area contributed by atoms with Gasteiger partial charge in [0.2, 0.25) is 0 Å². The number of hydrogen-bond acceptors (Lipinski definition) is 2. The summed E-state index contributed by atoms with van der Waals surface area (Å²) in [4.78, 5) is 10.9. The Hall–Kier alpha value is -1.59. The van der Waals surface area contributed by atoms with Gasteiger partial charge < -0.3 is 0 Å². The molecule has 3 heteroatoms. The molecule has 0 radical (unpaired) electrons. The standard InChI is InChI=1S/C10H6ClNO/c11-10(13)9-6-2-1-4-8(9)5-3-7-12/h1-6H/b5-3+. The second-order valence-corrected chi connectivity index (χ2v) is 2.67. The van der Waals surface area contributed by atoms with Gasteiger partial charge in [0.25, 0.3) is 5.24 Å². The summed E-state index contributed by atoms with van der Waals surface area (Å²) < 4.78 is 0. The molecule has 2 nitrogen and oxygen atoms in total. The van der Waals surface area contributed by atoms with Gasteiger partial charge >= 0.3 is 0 Å². The Morgan fingerprint density at radius 3 is 2.77 bits per heavy atom. The number of carbonyl (C=O) groups is 1. The predicted molar refractivity (Wildman–Crippen MR) is 51.3 cm³/mol. The van der Waals surface area contributed by atoms with Gasteiger partial charge in [-0.25, -0.2) is 0 Å². The van der Waals surface area contributed by atoms with Crippen LogP contribution in [0, 0.1) is 11.3 Å². The van der Waals surface area contributed by atoms with Crippen LogP contribution in [-0.2, 0) is 0 Å². The number of carbonyl (C=O) groups excluding carboxylic acids is 1. The van der Waals surface area contributed by atoms with E-state index in [2.05, 4.69) is 0 Å². The molecular formula is C10H6ClNO. The van der Waals surface area contributed by atoms with E-state index in [0.717, 1.165) is 0 Å². The second kappa shape index (κ2) is 4.44. The number of nitriles is 1. The Morgan fingerprint density at radius 2 is 2.15 bits per heavy atom. The highest BCUT2D eigenvalue weighted by atomic mass is 35.5. The van der Waals surface area contributed by atoms with E-state index < -0.39 is 5.24 Å². The van der Waals surface area contributed by atoms with Gasteiger partial charge in [0.1, 0.15) is 0 Å². The highest BCUT2D eigenvalue weighted by Gasteiger charge is 2.04. The number of rotatable bonds is 2. The Balaban J connectivity index is 3.14. The minimum Gasteiger partial charge on any atom is -0.276 e. The van der Waals surface area contributed by atoms with Crippen molar-refractivity contribution in [1.82, 2.24) is 0 Å². The molecule has 0 amide bonds. The molecule has 0 atom stereocenters. The average molecular weight is 192 g/mol. The van der Waals surface area contributed by atoms with E-state index in [4.69, 9.17) is 16.9 Å². The largest absolute Gasteiger partial charge is 0.276 e. The van der Waals surface area contributed by atoms with E-state index in [1.807, 2.05) is 6.07 Å². The molecule has 13 heavy (non-hydrogen) atoms. The van der Waals surface area contributed by atoms with Crippen LogP contribution in [0.3, 0.4) is 0 Å². The van der Waals surface area contributed by atoms with Crippen LogP contribution in [0.5, 0.6) is 0 Å². The van der Waals surface area contributed by atoms with Gasteiger partial charge in [-0.15, -0.1) is 0 Å². The molecule has 0 aromatic heterocycles. The molecule has 0 fully saturated rings. The van der Waals surface area contributed by atoms with Gasteiger partial charge in [0, 0.05) is 11.6 Å². The number of allylic oxidation sites excluding steroid dienone is 1. The summed E-state index contributed by atoms with van der Waals surface area (Å²) in [7, 11) is 0. The quantitative estimate of drug-likeness (QED) is 0.533. The molecule has 0 saturated carbocycles. The molecule has 0 spiro atoms. The SMILES string of the molecule is N#C/C=C/c1ccccc1C(=O)Cl. The van der Waals surface area contributed by atoms with E-state index in [1.54, 1.807) is 30.3 Å². The van der Waals surface area contributed by atoms with Crippen LogP contribution >= 0.6 is 11.6 Å². The highest BCUT2D eigenvalue weighted by molar-refractivity contribution is 6.68. The number of hydrogen-bond donors (Lipinski definition) is 0. The van der Waals surface area contributed by atoms with Crippen molar-refractivity contribution in [2.45, 2.75) is 0 Å². The Labute approximate surface area is 81.1 Å². The van der Waals surface area contributed by atoms with Crippen LogP contribution in [0.25, 0.3) is 6.08 Å². The van der Waals surface area contributed by atoms with Crippen molar-refractivity contribution < 1.29 is 4.79 Å². The maximum absolute atomic E-state index is 10.9. The van der Waals surface area contributed by atoms with Crippen molar-refractivity contribution in [2.75, 3.05) is 0 Å². The molecule has 0 aliphatic heterocycles. The van der Waals surface area contributed by atoms with Crippen molar-refractivity contribution in [2.24, 2.45) is 0 Å². The van der Waals surface area contributed by atoms with E-state index in [-0.39, 0.29) is 0 Å². The highest BCUT2D eigenvalue weighted by Crippen LogP contribution is 2.12. The first-order valence-electron chi connectivity index (χ1n) is 3.60. The van der Waals surface area contributed by atoms with Gasteiger partial charge in [-0.2, -0.15) is 5.26 Å². The molecule has 1 aromatic carbocycles. The zero-order valence-corrected chi connectivity index (χ0v) is 7.45. The van der Waals surface area contributed by atoms with Crippen LogP contribution in [-0.4, -0.2) is 5.24 Å². The maximum atomic E-state index is 10.9. The van der Waals surface area contributed by atoms with Gasteiger partial charge in [-0.05, 0) is 29.3 Å². The van der Waals surface area contributed by atoms with Crippen molar-refractivity contribution in [3.63, 3.8) is 0 Å². The zero-order chi connectivity index (χ0) is 9.68. The fourth-order valence-corrected chi connectivity index (χ4v) is 1.12. The lowest BCUT2D eigenvalue weighted by Gasteiger charge is -1.97. The Morgan fingerprint density at radius 1 is 1.46 bits per heavy atom. The maximum Gasteiger partial charge on any atom is 0.252 e. The third kappa shape index (κ3) is 2.43. The minimum absolute atomic E-state index is 0.413. The third-order valence-electron chi connectivity index (χ3n) is 1.51. The molecular weight excluding hydrogens is 186 g/mol. The molecule has 0 aliphatic carbocycles. The normalized spacial score (nSPS) is 9.85. The molecule has 0 bridgehead atoms. The smallest absolute Gasteiger partial charge is 0.252 e. The molecule has 0 saturated heterocycles. The Bertz CT molecular complexity index is 390. The lowest BCUT2D eigenvalue weighted by atomic mass is 10.1. The van der Waals surface area contributed by atoms with Crippen LogP contribution in [0.15, 0.2) is 30.3 Å². The van der Waals surface area contributed by atoms with E-state index >= 15 is 0 Å². The van der Waals surface area contributed by atoms with Gasteiger partial charge in [-0.1, -0.05) is 18.2 Å². The first-order valence-corrected chi connectivity index (χ1v) is 3.98. The van der Waals surface area contributed by atoms with Crippen molar-refractivity contribution in [1.29, 1.82) is 5.26 Å². The fourth-order valence-electron chi connectivity index (χ4n) is 0.948. The topological polar surface area (TPSA) is 40.9 Å². The van der Waals surface area contributed by atoms with E-state index in [1.165, 1.54) is 6.08 Å².